The summed E-state index contributed by atoms with van der Waals surface area (Å²) in [5.74, 6) is -0.198. The van der Waals surface area contributed by atoms with Crippen LogP contribution in [-0.4, -0.2) is 44.0 Å². The van der Waals surface area contributed by atoms with Crippen LogP contribution in [0.15, 0.2) is 82.2 Å². The lowest BCUT2D eigenvalue weighted by molar-refractivity contribution is -0.115. The van der Waals surface area contributed by atoms with Crippen LogP contribution in [0.25, 0.3) is 0 Å². The second-order valence-corrected chi connectivity index (χ2v) is 13.1. The van der Waals surface area contributed by atoms with Gasteiger partial charge in [-0.3, -0.25) is 9.59 Å². The van der Waals surface area contributed by atoms with Crippen LogP contribution in [0.3, 0.4) is 0 Å². The molecule has 0 aromatic heterocycles. The molecule has 1 aliphatic rings. The van der Waals surface area contributed by atoms with E-state index in [1.54, 1.807) is 36.4 Å². The monoisotopic (exact) mass is 616 g/mol. The Balaban J connectivity index is 1.26. The molecule has 0 bridgehead atoms. The summed E-state index contributed by atoms with van der Waals surface area (Å²) in [5, 5.41) is 3.41. The van der Waals surface area contributed by atoms with E-state index >= 15 is 0 Å². The minimum absolute atomic E-state index is 0.00893. The second kappa shape index (κ2) is 12.5. The number of sulfone groups is 1. The summed E-state index contributed by atoms with van der Waals surface area (Å²) in [7, 11) is -1.68. The van der Waals surface area contributed by atoms with Gasteiger partial charge in [-0.1, -0.05) is 45.7 Å². The van der Waals surface area contributed by atoms with Crippen molar-refractivity contribution in [3.63, 3.8) is 0 Å². The first-order chi connectivity index (χ1) is 18.1. The molecule has 200 valence electrons. The van der Waals surface area contributed by atoms with Gasteiger partial charge in [0.05, 0.1) is 10.6 Å². The Morgan fingerprint density at radius 3 is 2.26 bits per heavy atom. The van der Waals surface area contributed by atoms with Crippen molar-refractivity contribution in [1.29, 1.82) is 0 Å². The standard InChI is InChI=1S/C29H30BrClN2O4S/c1-33(29(35)22-5-11-24(31)12-6-22)26-15-9-21(10-16-26)20-7-13-25(14-8-20)32-28(34)17-18-38(36,37)27-4-2-3-23(30)19-27/h2-8,11-14,19,21,26H,9-10,15-18H2,1H3,(H,32,34). The number of nitrogens with zero attached hydrogens (tertiary/aromatic N) is 1. The van der Waals surface area contributed by atoms with Crippen molar-refractivity contribution in [2.45, 2.75) is 49.0 Å². The Labute approximate surface area is 237 Å². The highest BCUT2D eigenvalue weighted by Gasteiger charge is 2.28. The summed E-state index contributed by atoms with van der Waals surface area (Å²) < 4.78 is 25.7. The van der Waals surface area contributed by atoms with Crippen molar-refractivity contribution >= 4 is 54.9 Å². The molecule has 3 aromatic rings. The van der Waals surface area contributed by atoms with Gasteiger partial charge in [0, 0.05) is 40.3 Å². The lowest BCUT2D eigenvalue weighted by Gasteiger charge is -2.35. The maximum absolute atomic E-state index is 12.8. The molecule has 1 saturated carbocycles. The van der Waals surface area contributed by atoms with Crippen LogP contribution in [0.4, 0.5) is 5.69 Å². The first kappa shape index (κ1) is 28.3. The highest BCUT2D eigenvalue weighted by atomic mass is 79.9. The molecule has 0 radical (unpaired) electrons. The van der Waals surface area contributed by atoms with Gasteiger partial charge in [-0.25, -0.2) is 8.42 Å². The quantitative estimate of drug-likeness (QED) is 0.305. The molecule has 0 spiro atoms. The summed E-state index contributed by atoms with van der Waals surface area (Å²) in [6, 6.07) is 21.4. The molecule has 9 heteroatoms. The largest absolute Gasteiger partial charge is 0.339 e. The number of carbonyl (C=O) groups excluding carboxylic acids is 2. The van der Waals surface area contributed by atoms with Gasteiger partial charge in [0.15, 0.2) is 9.84 Å². The number of benzene rings is 3. The maximum Gasteiger partial charge on any atom is 0.253 e. The van der Waals surface area contributed by atoms with Crippen molar-refractivity contribution < 1.29 is 18.0 Å². The highest BCUT2D eigenvalue weighted by molar-refractivity contribution is 9.10. The SMILES string of the molecule is CN(C(=O)c1ccc(Cl)cc1)C1CCC(c2ccc(NC(=O)CCS(=O)(=O)c3cccc(Br)c3)cc2)CC1. The lowest BCUT2D eigenvalue weighted by atomic mass is 9.81. The van der Waals surface area contributed by atoms with Gasteiger partial charge >= 0.3 is 0 Å². The van der Waals surface area contributed by atoms with E-state index in [2.05, 4.69) is 21.2 Å². The molecule has 6 nitrogen and oxygen atoms in total. The van der Waals surface area contributed by atoms with Crippen molar-refractivity contribution in [2.24, 2.45) is 0 Å². The van der Waals surface area contributed by atoms with E-state index in [-0.39, 0.29) is 34.9 Å². The van der Waals surface area contributed by atoms with Crippen LogP contribution in [0, 0.1) is 0 Å². The molecule has 0 aliphatic heterocycles. The van der Waals surface area contributed by atoms with Crippen molar-refractivity contribution in [3.8, 4) is 0 Å². The topological polar surface area (TPSA) is 83.6 Å². The van der Waals surface area contributed by atoms with Crippen LogP contribution in [0.2, 0.25) is 5.02 Å². The molecule has 4 rings (SSSR count). The van der Waals surface area contributed by atoms with Crippen molar-refractivity contribution in [2.75, 3.05) is 18.1 Å². The van der Waals surface area contributed by atoms with E-state index in [9.17, 15) is 18.0 Å². The maximum atomic E-state index is 12.8. The van der Waals surface area contributed by atoms with E-state index in [0.717, 1.165) is 25.7 Å². The van der Waals surface area contributed by atoms with E-state index in [1.807, 2.05) is 36.2 Å². The summed E-state index contributed by atoms with van der Waals surface area (Å²) in [5.41, 5.74) is 2.48. The third kappa shape index (κ3) is 7.24. The van der Waals surface area contributed by atoms with Crippen molar-refractivity contribution in [3.05, 3.63) is 93.4 Å². The number of halogens is 2. The zero-order valence-corrected chi connectivity index (χ0v) is 24.2. The van der Waals surface area contributed by atoms with Crippen LogP contribution in [-0.2, 0) is 14.6 Å². The number of rotatable bonds is 8. The van der Waals surface area contributed by atoms with Gasteiger partial charge in [0.25, 0.3) is 5.91 Å². The highest BCUT2D eigenvalue weighted by Crippen LogP contribution is 2.35. The molecular formula is C29H30BrClN2O4S. The Morgan fingerprint density at radius 1 is 0.974 bits per heavy atom. The molecule has 1 fully saturated rings. The summed E-state index contributed by atoms with van der Waals surface area (Å²) in [6.45, 7) is 0. The Bertz CT molecular complexity index is 1390. The lowest BCUT2D eigenvalue weighted by Crippen LogP contribution is -2.39. The van der Waals surface area contributed by atoms with Gasteiger partial charge in [-0.2, -0.15) is 0 Å². The first-order valence-corrected chi connectivity index (χ1v) is 15.4. The number of anilines is 1. The summed E-state index contributed by atoms with van der Waals surface area (Å²) in [6.07, 6.45) is 3.67. The normalized spacial score (nSPS) is 17.6. The molecule has 1 N–H and O–H groups in total. The Hall–Kier alpha value is -2.68. The zero-order valence-electron chi connectivity index (χ0n) is 21.1. The van der Waals surface area contributed by atoms with Gasteiger partial charge in [0.2, 0.25) is 5.91 Å². The number of hydrogen-bond acceptors (Lipinski definition) is 4. The average molecular weight is 618 g/mol. The predicted molar refractivity (Wildman–Crippen MR) is 154 cm³/mol. The Kier molecular flexibility index (Phi) is 9.28. The van der Waals surface area contributed by atoms with E-state index in [0.29, 0.717) is 26.7 Å². The first-order valence-electron chi connectivity index (χ1n) is 12.5. The molecule has 2 amide bonds. The zero-order chi connectivity index (χ0) is 27.3. The van der Waals surface area contributed by atoms with E-state index in [4.69, 9.17) is 11.6 Å². The molecule has 1 aliphatic carbocycles. The molecule has 0 atom stereocenters. The summed E-state index contributed by atoms with van der Waals surface area (Å²) in [4.78, 5) is 27.3. The third-order valence-corrected chi connectivity index (χ3v) is 9.53. The van der Waals surface area contributed by atoms with Crippen LogP contribution in [0.1, 0.15) is 53.9 Å². The third-order valence-electron chi connectivity index (χ3n) is 7.07. The molecule has 3 aromatic carbocycles. The molecular weight excluding hydrogens is 588 g/mol. The van der Waals surface area contributed by atoms with Crippen LogP contribution < -0.4 is 5.32 Å². The number of carbonyl (C=O) groups is 2. The fourth-order valence-electron chi connectivity index (χ4n) is 4.83. The molecule has 0 saturated heterocycles. The van der Waals surface area contributed by atoms with Crippen molar-refractivity contribution in [1.82, 2.24) is 4.90 Å². The van der Waals surface area contributed by atoms with Crippen LogP contribution in [0.5, 0.6) is 0 Å². The minimum Gasteiger partial charge on any atom is -0.339 e. The fraction of sp³-hybridized carbons (Fsp3) is 0.310. The molecule has 0 heterocycles. The van der Waals surface area contributed by atoms with Gasteiger partial charge in [-0.15, -0.1) is 0 Å². The van der Waals surface area contributed by atoms with Gasteiger partial charge in [0.1, 0.15) is 0 Å². The van der Waals surface area contributed by atoms with E-state index in [1.165, 1.54) is 17.7 Å². The second-order valence-electron chi connectivity index (χ2n) is 9.62. The van der Waals surface area contributed by atoms with E-state index < -0.39 is 9.84 Å². The predicted octanol–water partition coefficient (Wildman–Crippen LogP) is 6.70. The number of nitrogens with one attached hydrogen (secondary N) is 1. The minimum atomic E-state index is -3.55. The fourth-order valence-corrected chi connectivity index (χ4v) is 6.78. The Morgan fingerprint density at radius 2 is 1.63 bits per heavy atom. The van der Waals surface area contributed by atoms with Crippen LogP contribution >= 0.6 is 27.5 Å². The molecule has 38 heavy (non-hydrogen) atoms. The number of amides is 2. The average Bonchev–Trinajstić information content (AvgIpc) is 2.92. The number of hydrogen-bond donors (Lipinski definition) is 1. The smallest absolute Gasteiger partial charge is 0.253 e. The van der Waals surface area contributed by atoms with Gasteiger partial charge < -0.3 is 10.2 Å². The van der Waals surface area contributed by atoms with Gasteiger partial charge in [-0.05, 0) is 91.8 Å². The molecule has 0 unspecified atom stereocenters. The summed E-state index contributed by atoms with van der Waals surface area (Å²) >= 11 is 9.22.